The van der Waals surface area contributed by atoms with Crippen LogP contribution in [-0.4, -0.2) is 61.2 Å². The number of cyclic esters (lactones) is 1. The fourth-order valence-electron chi connectivity index (χ4n) is 1.36. The Balaban J connectivity index is 2.63. The first kappa shape index (κ1) is 14.3. The number of aliphatic hydroxyl groups is 2. The Morgan fingerprint density at radius 3 is 2.47 bits per heavy atom. The summed E-state index contributed by atoms with van der Waals surface area (Å²) < 4.78 is 9.96. The van der Waals surface area contributed by atoms with Crippen molar-refractivity contribution in [2.75, 3.05) is 12.8 Å². The molecule has 1 saturated heterocycles. The molecule has 3 unspecified atom stereocenters. The molecule has 2 N–H and O–H groups in total. The highest BCUT2D eigenvalue weighted by Gasteiger charge is 2.47. The maximum Gasteiger partial charge on any atom is 0.344 e. The van der Waals surface area contributed by atoms with Crippen molar-refractivity contribution in [1.82, 2.24) is 0 Å². The van der Waals surface area contributed by atoms with Crippen molar-refractivity contribution in [3.63, 3.8) is 0 Å². The largest absolute Gasteiger partial charge is 0.449 e. The van der Waals surface area contributed by atoms with Crippen LogP contribution < -0.4 is 0 Å². The number of Topliss-reactive ketones (excluding diaryl/α,β-unsaturated/α-hetero) is 1. The van der Waals surface area contributed by atoms with Gasteiger partial charge in [-0.3, -0.25) is 4.79 Å². The molecule has 3 atom stereocenters. The molecular formula is C10H18O6Si. The van der Waals surface area contributed by atoms with Crippen molar-refractivity contribution in [2.24, 2.45) is 0 Å². The second kappa shape index (κ2) is 5.26. The van der Waals surface area contributed by atoms with E-state index < -0.39 is 44.7 Å². The van der Waals surface area contributed by atoms with Gasteiger partial charge in [0.25, 0.3) is 0 Å². The fraction of sp³-hybridized carbons (Fsp3) is 0.800. The highest BCUT2D eigenvalue weighted by atomic mass is 28.3. The summed E-state index contributed by atoms with van der Waals surface area (Å²) in [5, 5.41) is 18.0. The molecular weight excluding hydrogens is 244 g/mol. The van der Waals surface area contributed by atoms with Gasteiger partial charge in [0.15, 0.2) is 6.10 Å². The summed E-state index contributed by atoms with van der Waals surface area (Å²) in [4.78, 5) is 23.1. The van der Waals surface area contributed by atoms with E-state index in [1.165, 1.54) is 0 Å². The molecule has 1 heterocycles. The molecule has 0 aromatic heterocycles. The third kappa shape index (κ3) is 3.60. The van der Waals surface area contributed by atoms with Crippen LogP contribution in [0.25, 0.3) is 0 Å². The van der Waals surface area contributed by atoms with Gasteiger partial charge in [-0.1, -0.05) is 19.6 Å². The van der Waals surface area contributed by atoms with Gasteiger partial charge < -0.3 is 19.7 Å². The van der Waals surface area contributed by atoms with Crippen LogP contribution in [0.3, 0.4) is 0 Å². The monoisotopic (exact) mass is 262 g/mol. The van der Waals surface area contributed by atoms with Crippen molar-refractivity contribution in [3.05, 3.63) is 0 Å². The molecule has 98 valence electrons. The summed E-state index contributed by atoms with van der Waals surface area (Å²) in [6.45, 7) is 5.48. The number of hydrogen-bond donors (Lipinski definition) is 2. The third-order valence-corrected chi connectivity index (χ3v) is 3.25. The minimum Gasteiger partial charge on any atom is -0.449 e. The van der Waals surface area contributed by atoms with Crippen LogP contribution in [0, 0.1) is 0 Å². The number of ether oxygens (including phenoxy) is 2. The number of aliphatic hydroxyl groups excluding tert-OH is 2. The summed E-state index contributed by atoms with van der Waals surface area (Å²) >= 11 is 0. The predicted octanol–water partition coefficient (Wildman–Crippen LogP) is -0.903. The Morgan fingerprint density at radius 2 is 2.00 bits per heavy atom. The zero-order chi connectivity index (χ0) is 13.2. The van der Waals surface area contributed by atoms with E-state index in [0.717, 1.165) is 0 Å². The summed E-state index contributed by atoms with van der Waals surface area (Å²) in [7, 11) is -1.54. The van der Waals surface area contributed by atoms with Gasteiger partial charge in [0.05, 0.1) is 14.7 Å². The molecule has 17 heavy (non-hydrogen) atoms. The number of hydrogen-bond acceptors (Lipinski definition) is 6. The molecule has 1 aliphatic heterocycles. The van der Waals surface area contributed by atoms with Crippen molar-refractivity contribution < 1.29 is 29.3 Å². The molecule has 0 spiro atoms. The van der Waals surface area contributed by atoms with Gasteiger partial charge in [-0.05, 0) is 0 Å². The average molecular weight is 262 g/mol. The predicted molar refractivity (Wildman–Crippen MR) is 61.1 cm³/mol. The molecule has 0 saturated carbocycles. The second-order valence-electron chi connectivity index (χ2n) is 5.26. The first-order valence-electron chi connectivity index (χ1n) is 5.41. The summed E-state index contributed by atoms with van der Waals surface area (Å²) in [5.74, 6) is -1.40. The topological polar surface area (TPSA) is 93.1 Å². The molecule has 0 bridgehead atoms. The SMILES string of the molecule is C[Si](C)(C)COC1C(=O)OC(C(O)CO)C1=O. The molecule has 1 aliphatic rings. The summed E-state index contributed by atoms with van der Waals surface area (Å²) in [6.07, 6.45) is -3.58. The van der Waals surface area contributed by atoms with Gasteiger partial charge in [-0.2, -0.15) is 0 Å². The Kier molecular flexibility index (Phi) is 4.42. The molecule has 0 aliphatic carbocycles. The van der Waals surface area contributed by atoms with E-state index in [1.54, 1.807) is 0 Å². The molecule has 1 fully saturated rings. The first-order valence-corrected chi connectivity index (χ1v) is 9.12. The highest BCUT2D eigenvalue weighted by Crippen LogP contribution is 2.18. The lowest BCUT2D eigenvalue weighted by Crippen LogP contribution is -2.39. The lowest BCUT2D eigenvalue weighted by molar-refractivity contribution is -0.152. The molecule has 0 amide bonds. The van der Waals surface area contributed by atoms with E-state index >= 15 is 0 Å². The molecule has 1 rings (SSSR count). The minimum atomic E-state index is -1.54. The van der Waals surface area contributed by atoms with Crippen LogP contribution in [0.15, 0.2) is 0 Å². The van der Waals surface area contributed by atoms with E-state index in [2.05, 4.69) is 0 Å². The van der Waals surface area contributed by atoms with Crippen molar-refractivity contribution in [3.8, 4) is 0 Å². The summed E-state index contributed by atoms with van der Waals surface area (Å²) in [6, 6.07) is 0. The van der Waals surface area contributed by atoms with Gasteiger partial charge in [-0.25, -0.2) is 4.79 Å². The normalized spacial score (nSPS) is 27.1. The van der Waals surface area contributed by atoms with E-state index in [9.17, 15) is 14.7 Å². The smallest absolute Gasteiger partial charge is 0.344 e. The number of ketones is 1. The number of esters is 1. The van der Waals surface area contributed by atoms with Crippen LogP contribution in [0.4, 0.5) is 0 Å². The lowest BCUT2D eigenvalue weighted by Gasteiger charge is -2.17. The van der Waals surface area contributed by atoms with Crippen molar-refractivity contribution in [2.45, 2.75) is 38.0 Å². The fourth-order valence-corrected chi connectivity index (χ4v) is 2.02. The maximum atomic E-state index is 11.7. The van der Waals surface area contributed by atoms with Gasteiger partial charge in [0.2, 0.25) is 11.9 Å². The average Bonchev–Trinajstić information content (AvgIpc) is 2.49. The Labute approximate surface area is 101 Å². The lowest BCUT2D eigenvalue weighted by atomic mass is 10.1. The van der Waals surface area contributed by atoms with Crippen molar-refractivity contribution in [1.29, 1.82) is 0 Å². The molecule has 0 aromatic rings. The van der Waals surface area contributed by atoms with Crippen LogP contribution in [0.1, 0.15) is 0 Å². The highest BCUT2D eigenvalue weighted by molar-refractivity contribution is 6.76. The van der Waals surface area contributed by atoms with Crippen LogP contribution in [-0.2, 0) is 19.1 Å². The zero-order valence-electron chi connectivity index (χ0n) is 10.2. The number of carbonyl (C=O) groups excluding carboxylic acids is 2. The van der Waals surface area contributed by atoms with Gasteiger partial charge in [-0.15, -0.1) is 0 Å². The molecule has 0 radical (unpaired) electrons. The Morgan fingerprint density at radius 1 is 1.41 bits per heavy atom. The van der Waals surface area contributed by atoms with E-state index in [1.807, 2.05) is 19.6 Å². The van der Waals surface area contributed by atoms with Gasteiger partial charge in [0.1, 0.15) is 6.10 Å². The van der Waals surface area contributed by atoms with E-state index in [4.69, 9.17) is 14.6 Å². The van der Waals surface area contributed by atoms with Gasteiger partial charge >= 0.3 is 5.97 Å². The standard InChI is InChI=1S/C10H18O6Si/c1-17(2,3)5-15-9-7(13)8(6(12)4-11)16-10(9)14/h6,8-9,11-12H,4-5H2,1-3H3. The summed E-state index contributed by atoms with van der Waals surface area (Å²) in [5.41, 5.74) is 0. The van der Waals surface area contributed by atoms with E-state index in [-0.39, 0.29) is 0 Å². The minimum absolute atomic E-state index is 0.362. The maximum absolute atomic E-state index is 11.7. The van der Waals surface area contributed by atoms with Crippen LogP contribution in [0.5, 0.6) is 0 Å². The number of carbonyl (C=O) groups is 2. The third-order valence-electron chi connectivity index (χ3n) is 2.22. The molecule has 0 aromatic carbocycles. The number of rotatable bonds is 5. The van der Waals surface area contributed by atoms with Crippen LogP contribution in [0.2, 0.25) is 19.6 Å². The van der Waals surface area contributed by atoms with E-state index in [0.29, 0.717) is 6.23 Å². The van der Waals surface area contributed by atoms with Gasteiger partial charge in [0, 0.05) is 6.23 Å². The van der Waals surface area contributed by atoms with Crippen LogP contribution >= 0.6 is 0 Å². The second-order valence-corrected chi connectivity index (χ2v) is 10.7. The zero-order valence-corrected chi connectivity index (χ0v) is 11.2. The Hall–Kier alpha value is -0.763. The van der Waals surface area contributed by atoms with Crippen molar-refractivity contribution >= 4 is 19.8 Å². The molecule has 6 nitrogen and oxygen atoms in total. The molecule has 7 heteroatoms. The quantitative estimate of drug-likeness (QED) is 0.379. The Bertz CT molecular complexity index is 310. The first-order chi connectivity index (χ1) is 7.76.